The summed E-state index contributed by atoms with van der Waals surface area (Å²) in [5, 5.41) is 8.92. The number of carboxylic acid groups (broad SMARTS) is 1. The Bertz CT molecular complexity index is 570. The third-order valence-corrected chi connectivity index (χ3v) is 5.22. The number of hydrogen-bond acceptors (Lipinski definition) is 4. The van der Waals surface area contributed by atoms with E-state index in [1.165, 1.54) is 18.2 Å². The smallest absolute Gasteiger partial charge is 0.337 e. The highest BCUT2D eigenvalue weighted by molar-refractivity contribution is 7.91. The molecule has 0 amide bonds. The SMILES string of the molecule is CC(C)(C)S(=O)(=O)Cc1ccc(N)c(C(=O)O)c1. The number of anilines is 1. The molecule has 1 rings (SSSR count). The van der Waals surface area contributed by atoms with Gasteiger partial charge < -0.3 is 10.8 Å². The zero-order chi connectivity index (χ0) is 14.1. The number of nitrogen functional groups attached to an aromatic ring is 1. The second-order valence-electron chi connectivity index (χ2n) is 5.10. The van der Waals surface area contributed by atoms with E-state index in [1.807, 2.05) is 0 Å². The predicted molar refractivity (Wildman–Crippen MR) is 70.2 cm³/mol. The number of rotatable bonds is 3. The Hall–Kier alpha value is -1.56. The van der Waals surface area contributed by atoms with Crippen LogP contribution in [0.1, 0.15) is 36.7 Å². The van der Waals surface area contributed by atoms with E-state index in [1.54, 1.807) is 20.8 Å². The highest BCUT2D eigenvalue weighted by Crippen LogP contribution is 2.22. The van der Waals surface area contributed by atoms with Crippen molar-refractivity contribution in [3.8, 4) is 0 Å². The van der Waals surface area contributed by atoms with E-state index in [4.69, 9.17) is 10.8 Å². The minimum Gasteiger partial charge on any atom is -0.478 e. The van der Waals surface area contributed by atoms with E-state index in [0.717, 1.165) is 0 Å². The summed E-state index contributed by atoms with van der Waals surface area (Å²) in [7, 11) is -3.34. The lowest BCUT2D eigenvalue weighted by Gasteiger charge is -2.19. The maximum Gasteiger partial charge on any atom is 0.337 e. The molecule has 0 aliphatic rings. The molecule has 0 heterocycles. The summed E-state index contributed by atoms with van der Waals surface area (Å²) >= 11 is 0. The minimum atomic E-state index is -3.34. The summed E-state index contributed by atoms with van der Waals surface area (Å²) in [4.78, 5) is 10.9. The number of nitrogens with two attached hydrogens (primary N) is 1. The molecule has 6 heteroatoms. The Morgan fingerprint density at radius 2 is 1.89 bits per heavy atom. The minimum absolute atomic E-state index is 0.0726. The molecule has 1 aromatic carbocycles. The molecule has 0 aliphatic heterocycles. The van der Waals surface area contributed by atoms with Crippen LogP contribution in [-0.2, 0) is 15.6 Å². The first kappa shape index (κ1) is 14.5. The molecule has 0 saturated heterocycles. The molecule has 0 aromatic heterocycles. The van der Waals surface area contributed by atoms with Gasteiger partial charge in [0, 0.05) is 5.69 Å². The van der Waals surface area contributed by atoms with E-state index >= 15 is 0 Å². The molecule has 0 fully saturated rings. The van der Waals surface area contributed by atoms with Gasteiger partial charge in [0.25, 0.3) is 0 Å². The predicted octanol–water partition coefficient (Wildman–Crippen LogP) is 1.68. The second-order valence-corrected chi connectivity index (χ2v) is 7.84. The van der Waals surface area contributed by atoms with Crippen molar-refractivity contribution in [1.29, 1.82) is 0 Å². The van der Waals surface area contributed by atoms with Gasteiger partial charge in [-0.05, 0) is 38.5 Å². The molecular formula is C12H17NO4S. The van der Waals surface area contributed by atoms with Crippen LogP contribution in [0.15, 0.2) is 18.2 Å². The lowest BCUT2D eigenvalue weighted by atomic mass is 10.1. The van der Waals surface area contributed by atoms with Crippen molar-refractivity contribution in [1.82, 2.24) is 0 Å². The van der Waals surface area contributed by atoms with Crippen LogP contribution in [0.25, 0.3) is 0 Å². The zero-order valence-corrected chi connectivity index (χ0v) is 11.4. The van der Waals surface area contributed by atoms with Crippen LogP contribution in [0, 0.1) is 0 Å². The van der Waals surface area contributed by atoms with E-state index < -0.39 is 20.6 Å². The van der Waals surface area contributed by atoms with Crippen molar-refractivity contribution < 1.29 is 18.3 Å². The Morgan fingerprint density at radius 1 is 1.33 bits per heavy atom. The van der Waals surface area contributed by atoms with Gasteiger partial charge in [0.1, 0.15) is 0 Å². The summed E-state index contributed by atoms with van der Waals surface area (Å²) in [6.07, 6.45) is 0. The fourth-order valence-corrected chi connectivity index (χ4v) is 2.37. The number of benzene rings is 1. The van der Waals surface area contributed by atoms with Crippen LogP contribution >= 0.6 is 0 Å². The molecule has 0 spiro atoms. The third kappa shape index (κ3) is 3.01. The number of hydrogen-bond donors (Lipinski definition) is 2. The standard InChI is InChI=1S/C12H17NO4S/c1-12(2,3)18(16,17)7-8-4-5-10(13)9(6-8)11(14)15/h4-6H,7,13H2,1-3H3,(H,14,15). The van der Waals surface area contributed by atoms with E-state index in [2.05, 4.69) is 0 Å². The fourth-order valence-electron chi connectivity index (χ4n) is 1.31. The number of carbonyl (C=O) groups is 1. The number of aromatic carboxylic acids is 1. The molecule has 3 N–H and O–H groups in total. The lowest BCUT2D eigenvalue weighted by molar-refractivity contribution is 0.0698. The maximum atomic E-state index is 12.0. The molecule has 0 saturated carbocycles. The number of sulfone groups is 1. The van der Waals surface area contributed by atoms with E-state index in [0.29, 0.717) is 5.56 Å². The highest BCUT2D eigenvalue weighted by atomic mass is 32.2. The van der Waals surface area contributed by atoms with Gasteiger partial charge in [-0.1, -0.05) is 6.07 Å². The Labute approximate surface area is 107 Å². The summed E-state index contributed by atoms with van der Waals surface area (Å²) in [6, 6.07) is 4.25. The van der Waals surface area contributed by atoms with E-state index in [9.17, 15) is 13.2 Å². The Morgan fingerprint density at radius 3 is 2.33 bits per heavy atom. The first-order valence-electron chi connectivity index (χ1n) is 5.38. The molecule has 18 heavy (non-hydrogen) atoms. The summed E-state index contributed by atoms with van der Waals surface area (Å²) < 4.78 is 23.1. The fraction of sp³-hybridized carbons (Fsp3) is 0.417. The van der Waals surface area contributed by atoms with Crippen LogP contribution in [-0.4, -0.2) is 24.2 Å². The lowest BCUT2D eigenvalue weighted by Crippen LogP contribution is -2.29. The molecule has 0 unspecified atom stereocenters. The summed E-state index contributed by atoms with van der Waals surface area (Å²) in [5.74, 6) is -1.36. The molecule has 100 valence electrons. The molecule has 0 aliphatic carbocycles. The van der Waals surface area contributed by atoms with Crippen molar-refractivity contribution in [2.75, 3.05) is 5.73 Å². The van der Waals surface area contributed by atoms with Crippen LogP contribution in [0.5, 0.6) is 0 Å². The van der Waals surface area contributed by atoms with Gasteiger partial charge in [-0.25, -0.2) is 13.2 Å². The molecule has 0 atom stereocenters. The van der Waals surface area contributed by atoms with Crippen LogP contribution in [0.4, 0.5) is 5.69 Å². The first-order valence-corrected chi connectivity index (χ1v) is 7.04. The van der Waals surface area contributed by atoms with Gasteiger partial charge in [-0.2, -0.15) is 0 Å². The van der Waals surface area contributed by atoms with Gasteiger partial charge in [0.15, 0.2) is 9.84 Å². The maximum absolute atomic E-state index is 12.0. The van der Waals surface area contributed by atoms with Crippen molar-refractivity contribution >= 4 is 21.5 Å². The third-order valence-electron chi connectivity index (χ3n) is 2.64. The van der Waals surface area contributed by atoms with E-state index in [-0.39, 0.29) is 17.0 Å². The van der Waals surface area contributed by atoms with Gasteiger partial charge >= 0.3 is 5.97 Å². The van der Waals surface area contributed by atoms with Crippen LogP contribution in [0.3, 0.4) is 0 Å². The quantitative estimate of drug-likeness (QED) is 0.815. The molecular weight excluding hydrogens is 254 g/mol. The van der Waals surface area contributed by atoms with Gasteiger partial charge in [0.05, 0.1) is 16.1 Å². The normalized spacial score (nSPS) is 12.4. The van der Waals surface area contributed by atoms with Crippen molar-refractivity contribution in [2.24, 2.45) is 0 Å². The average molecular weight is 271 g/mol. The van der Waals surface area contributed by atoms with Gasteiger partial charge in [-0.3, -0.25) is 0 Å². The first-order chi connectivity index (χ1) is 8.04. The highest BCUT2D eigenvalue weighted by Gasteiger charge is 2.29. The van der Waals surface area contributed by atoms with Gasteiger partial charge in [0.2, 0.25) is 0 Å². The topological polar surface area (TPSA) is 97.5 Å². The number of carboxylic acids is 1. The largest absolute Gasteiger partial charge is 0.478 e. The van der Waals surface area contributed by atoms with Crippen LogP contribution < -0.4 is 5.73 Å². The summed E-state index contributed by atoms with van der Waals surface area (Å²) in [6.45, 7) is 4.83. The molecule has 5 nitrogen and oxygen atoms in total. The zero-order valence-electron chi connectivity index (χ0n) is 10.6. The van der Waals surface area contributed by atoms with Crippen LogP contribution in [0.2, 0.25) is 0 Å². The van der Waals surface area contributed by atoms with Crippen molar-refractivity contribution in [2.45, 2.75) is 31.3 Å². The average Bonchev–Trinajstić information content (AvgIpc) is 2.18. The summed E-state index contributed by atoms with van der Waals surface area (Å²) in [5.41, 5.74) is 5.99. The molecule has 1 aromatic rings. The van der Waals surface area contributed by atoms with Crippen molar-refractivity contribution in [3.05, 3.63) is 29.3 Å². The van der Waals surface area contributed by atoms with Crippen molar-refractivity contribution in [3.63, 3.8) is 0 Å². The Balaban J connectivity index is 3.15. The monoisotopic (exact) mass is 271 g/mol. The molecule has 0 radical (unpaired) electrons. The van der Waals surface area contributed by atoms with Gasteiger partial charge in [-0.15, -0.1) is 0 Å². The second kappa shape index (κ2) is 4.61. The molecule has 0 bridgehead atoms. The Kier molecular flexibility index (Phi) is 3.71.